The Labute approximate surface area is 200 Å². The molecule has 0 bridgehead atoms. The van der Waals surface area contributed by atoms with Crippen molar-refractivity contribution < 1.29 is 18.7 Å². The smallest absolute Gasteiger partial charge is 0.414 e. The number of benzene rings is 2. The number of halogens is 2. The lowest BCUT2D eigenvalue weighted by Crippen LogP contribution is -2.49. The highest BCUT2D eigenvalue weighted by Gasteiger charge is 2.33. The second-order valence-corrected chi connectivity index (χ2v) is 8.60. The van der Waals surface area contributed by atoms with E-state index >= 15 is 4.39 Å². The van der Waals surface area contributed by atoms with E-state index in [1.165, 1.54) is 11.0 Å². The van der Waals surface area contributed by atoms with Gasteiger partial charge in [0.05, 0.1) is 30.7 Å². The van der Waals surface area contributed by atoms with Crippen molar-refractivity contribution in [1.82, 2.24) is 19.9 Å². The molecule has 3 aromatic rings. The Bertz CT molecular complexity index is 1180. The first-order valence-corrected chi connectivity index (χ1v) is 11.3. The van der Waals surface area contributed by atoms with Crippen LogP contribution in [0.15, 0.2) is 54.9 Å². The number of amides is 2. The molecule has 0 spiro atoms. The van der Waals surface area contributed by atoms with Gasteiger partial charge in [-0.3, -0.25) is 9.69 Å². The van der Waals surface area contributed by atoms with Crippen molar-refractivity contribution in [2.75, 3.05) is 42.5 Å². The molecule has 1 aromatic heterocycles. The number of hydrogen-bond acceptors (Lipinski definition) is 6. The molecular weight excluding hydrogens is 463 g/mol. The monoisotopic (exact) mass is 484 g/mol. The predicted molar refractivity (Wildman–Crippen MR) is 124 cm³/mol. The summed E-state index contributed by atoms with van der Waals surface area (Å²) >= 11 is 5.90. The molecule has 9 nitrogen and oxygen atoms in total. The minimum absolute atomic E-state index is 0.0693. The largest absolute Gasteiger partial charge is 0.442 e. The zero-order valence-corrected chi connectivity index (χ0v) is 18.9. The number of anilines is 2. The number of piperazine rings is 1. The van der Waals surface area contributed by atoms with Gasteiger partial charge in [-0.2, -0.15) is 0 Å². The molecule has 0 unspecified atom stereocenters. The van der Waals surface area contributed by atoms with Crippen molar-refractivity contribution in [3.8, 4) is 0 Å². The topological polar surface area (TPSA) is 83.8 Å². The summed E-state index contributed by atoms with van der Waals surface area (Å²) in [5.41, 5.74) is 1.45. The summed E-state index contributed by atoms with van der Waals surface area (Å²) in [6.07, 6.45) is 2.32. The van der Waals surface area contributed by atoms with Crippen LogP contribution < -0.4 is 9.80 Å². The molecule has 34 heavy (non-hydrogen) atoms. The van der Waals surface area contributed by atoms with Crippen LogP contribution in [-0.2, 0) is 11.3 Å². The van der Waals surface area contributed by atoms with Crippen LogP contribution in [0.3, 0.4) is 0 Å². The summed E-state index contributed by atoms with van der Waals surface area (Å²) in [6, 6.07) is 11.5. The zero-order valence-electron chi connectivity index (χ0n) is 18.2. The van der Waals surface area contributed by atoms with Crippen LogP contribution in [0, 0.1) is 5.82 Å². The van der Waals surface area contributed by atoms with Crippen molar-refractivity contribution in [3.63, 3.8) is 0 Å². The maximum atomic E-state index is 15.0. The van der Waals surface area contributed by atoms with Crippen LogP contribution in [0.25, 0.3) is 0 Å². The molecule has 2 aromatic carbocycles. The van der Waals surface area contributed by atoms with E-state index in [-0.39, 0.29) is 5.91 Å². The maximum Gasteiger partial charge on any atom is 0.414 e. The fraction of sp³-hybridized carbons (Fsp3) is 0.304. The minimum Gasteiger partial charge on any atom is -0.442 e. The van der Waals surface area contributed by atoms with Gasteiger partial charge in [-0.1, -0.05) is 16.8 Å². The number of carbonyl (C=O) groups excluding carboxylic acids is 2. The average molecular weight is 485 g/mol. The van der Waals surface area contributed by atoms with Gasteiger partial charge in [0.1, 0.15) is 11.9 Å². The fourth-order valence-corrected chi connectivity index (χ4v) is 4.34. The van der Waals surface area contributed by atoms with Gasteiger partial charge in [0.2, 0.25) is 0 Å². The molecule has 5 rings (SSSR count). The van der Waals surface area contributed by atoms with Crippen molar-refractivity contribution >= 4 is 35.0 Å². The molecule has 0 aliphatic carbocycles. The van der Waals surface area contributed by atoms with Gasteiger partial charge in [0.15, 0.2) is 0 Å². The van der Waals surface area contributed by atoms with E-state index in [4.69, 9.17) is 16.3 Å². The lowest BCUT2D eigenvalue weighted by atomic mass is 10.1. The molecule has 176 valence electrons. The summed E-state index contributed by atoms with van der Waals surface area (Å²) in [6.45, 7) is 2.63. The normalized spacial score (nSPS) is 18.4. The molecule has 2 saturated heterocycles. The molecule has 0 N–H and O–H groups in total. The van der Waals surface area contributed by atoms with Gasteiger partial charge in [-0.15, -0.1) is 5.10 Å². The highest BCUT2D eigenvalue weighted by atomic mass is 35.5. The summed E-state index contributed by atoms with van der Waals surface area (Å²) in [5, 5.41) is 8.19. The Morgan fingerprint density at radius 3 is 2.56 bits per heavy atom. The first-order chi connectivity index (χ1) is 16.5. The van der Waals surface area contributed by atoms with Gasteiger partial charge >= 0.3 is 6.09 Å². The lowest BCUT2D eigenvalue weighted by molar-refractivity contribution is 0.0746. The Balaban J connectivity index is 1.21. The third-order valence-electron chi connectivity index (χ3n) is 5.98. The van der Waals surface area contributed by atoms with E-state index in [1.54, 1.807) is 58.4 Å². The standard InChI is InChI=1S/C23H22ClFN6O3/c24-17-3-1-16(2-4-17)22(32)29-11-9-28(10-12-29)21-6-5-18(13-20(21)25)31-15-19(34-23(31)33)14-30-8-7-26-27-30/h1-8,13,19H,9-12,14-15H2/t19-/m0/s1. The van der Waals surface area contributed by atoms with E-state index in [2.05, 4.69) is 10.3 Å². The van der Waals surface area contributed by atoms with Gasteiger partial charge in [-0.25, -0.2) is 13.9 Å². The van der Waals surface area contributed by atoms with E-state index < -0.39 is 18.0 Å². The number of cyclic esters (lactones) is 1. The maximum absolute atomic E-state index is 15.0. The van der Waals surface area contributed by atoms with Gasteiger partial charge in [-0.05, 0) is 42.5 Å². The summed E-state index contributed by atoms with van der Waals surface area (Å²) in [4.78, 5) is 30.1. The highest BCUT2D eigenvalue weighted by molar-refractivity contribution is 6.30. The van der Waals surface area contributed by atoms with Crippen LogP contribution in [0.2, 0.25) is 5.02 Å². The molecule has 1 atom stereocenters. The summed E-state index contributed by atoms with van der Waals surface area (Å²) < 4.78 is 22.0. The van der Waals surface area contributed by atoms with Crippen molar-refractivity contribution in [2.45, 2.75) is 12.6 Å². The number of aromatic nitrogens is 3. The lowest BCUT2D eigenvalue weighted by Gasteiger charge is -2.36. The predicted octanol–water partition coefficient (Wildman–Crippen LogP) is 3.06. The van der Waals surface area contributed by atoms with Crippen molar-refractivity contribution in [2.24, 2.45) is 0 Å². The first-order valence-electron chi connectivity index (χ1n) is 10.9. The second kappa shape index (κ2) is 9.30. The quantitative estimate of drug-likeness (QED) is 0.553. The van der Waals surface area contributed by atoms with Crippen molar-refractivity contribution in [3.05, 3.63) is 71.3 Å². The fourth-order valence-electron chi connectivity index (χ4n) is 4.21. The second-order valence-electron chi connectivity index (χ2n) is 8.16. The summed E-state index contributed by atoms with van der Waals surface area (Å²) in [7, 11) is 0. The number of ether oxygens (including phenoxy) is 1. The van der Waals surface area contributed by atoms with E-state index in [0.717, 1.165) is 0 Å². The van der Waals surface area contributed by atoms with E-state index in [1.807, 2.05) is 4.90 Å². The minimum atomic E-state index is -0.522. The SMILES string of the molecule is O=C(c1ccc(Cl)cc1)N1CCN(c2ccc(N3C[C@H](Cn4ccnn4)OC3=O)cc2F)CC1. The van der Waals surface area contributed by atoms with Crippen LogP contribution in [0.5, 0.6) is 0 Å². The molecule has 3 heterocycles. The van der Waals surface area contributed by atoms with E-state index in [9.17, 15) is 9.59 Å². The molecule has 2 amide bonds. The third-order valence-corrected chi connectivity index (χ3v) is 6.23. The molecular formula is C23H22ClFN6O3. The Morgan fingerprint density at radius 1 is 1.12 bits per heavy atom. The van der Waals surface area contributed by atoms with Gasteiger partial charge in [0.25, 0.3) is 5.91 Å². The zero-order chi connectivity index (χ0) is 23.7. The Morgan fingerprint density at radius 2 is 1.88 bits per heavy atom. The number of hydrogen-bond donors (Lipinski definition) is 0. The first kappa shape index (κ1) is 22.1. The highest BCUT2D eigenvalue weighted by Crippen LogP contribution is 2.29. The Hall–Kier alpha value is -3.66. The van der Waals surface area contributed by atoms with E-state index in [0.29, 0.717) is 61.2 Å². The molecule has 2 aliphatic rings. The Kier molecular flexibility index (Phi) is 6.06. The summed E-state index contributed by atoms with van der Waals surface area (Å²) in [5.74, 6) is -0.498. The number of carbonyl (C=O) groups is 2. The molecule has 0 saturated carbocycles. The van der Waals surface area contributed by atoms with Gasteiger partial charge < -0.3 is 14.5 Å². The van der Waals surface area contributed by atoms with Gasteiger partial charge in [0, 0.05) is 43.0 Å². The average Bonchev–Trinajstić information content (AvgIpc) is 3.49. The number of nitrogens with zero attached hydrogens (tertiary/aromatic N) is 6. The molecule has 11 heteroatoms. The van der Waals surface area contributed by atoms with Crippen LogP contribution in [0.4, 0.5) is 20.6 Å². The number of rotatable bonds is 5. The molecule has 2 aliphatic heterocycles. The molecule has 0 radical (unpaired) electrons. The van der Waals surface area contributed by atoms with Crippen LogP contribution in [0.1, 0.15) is 10.4 Å². The van der Waals surface area contributed by atoms with Crippen molar-refractivity contribution in [1.29, 1.82) is 0 Å². The third kappa shape index (κ3) is 4.54. The van der Waals surface area contributed by atoms with Crippen LogP contribution >= 0.6 is 11.6 Å². The van der Waals surface area contributed by atoms with Crippen LogP contribution in [-0.4, -0.2) is 70.7 Å². The molecule has 2 fully saturated rings.